The van der Waals surface area contributed by atoms with Crippen molar-refractivity contribution in [2.75, 3.05) is 13.1 Å². The summed E-state index contributed by atoms with van der Waals surface area (Å²) in [6.07, 6.45) is 6.67. The van der Waals surface area contributed by atoms with Gasteiger partial charge in [-0.25, -0.2) is 0 Å². The van der Waals surface area contributed by atoms with Crippen LogP contribution >= 0.6 is 0 Å². The van der Waals surface area contributed by atoms with Crippen LogP contribution in [0.4, 0.5) is 0 Å². The van der Waals surface area contributed by atoms with Gasteiger partial charge in [0.15, 0.2) is 0 Å². The largest absolute Gasteiger partial charge is 0.340 e. The fourth-order valence-electron chi connectivity index (χ4n) is 2.63. The van der Waals surface area contributed by atoms with E-state index in [1.165, 1.54) is 25.7 Å². The number of carbonyl (C=O) groups is 1. The van der Waals surface area contributed by atoms with E-state index in [9.17, 15) is 4.79 Å². The van der Waals surface area contributed by atoms with Gasteiger partial charge in [0.25, 0.3) is 0 Å². The standard InChI is InChI=1S/C14H28N2O/c1-4-16(13-8-5-6-9-13)14(17)10-7-11-15-12(2)3/h12-13,15H,4-11H2,1-3H3. The van der Waals surface area contributed by atoms with Crippen molar-refractivity contribution in [1.82, 2.24) is 10.2 Å². The maximum absolute atomic E-state index is 12.1. The summed E-state index contributed by atoms with van der Waals surface area (Å²) in [6.45, 7) is 8.20. The lowest BCUT2D eigenvalue weighted by Crippen LogP contribution is -2.38. The van der Waals surface area contributed by atoms with Gasteiger partial charge in [0.2, 0.25) is 5.91 Å². The molecule has 1 aliphatic rings. The van der Waals surface area contributed by atoms with Crippen molar-refractivity contribution in [2.45, 2.75) is 71.4 Å². The molecule has 1 amide bonds. The molecular formula is C14H28N2O. The zero-order chi connectivity index (χ0) is 12.7. The highest BCUT2D eigenvalue weighted by Gasteiger charge is 2.24. The van der Waals surface area contributed by atoms with Crippen molar-refractivity contribution in [1.29, 1.82) is 0 Å². The SMILES string of the molecule is CCN(C(=O)CCCNC(C)C)C1CCCC1. The van der Waals surface area contributed by atoms with Gasteiger partial charge in [-0.15, -0.1) is 0 Å². The van der Waals surface area contributed by atoms with Crippen molar-refractivity contribution in [2.24, 2.45) is 0 Å². The Morgan fingerprint density at radius 2 is 2.00 bits per heavy atom. The Labute approximate surface area is 106 Å². The first kappa shape index (κ1) is 14.5. The first-order valence-electron chi connectivity index (χ1n) is 7.18. The summed E-state index contributed by atoms with van der Waals surface area (Å²) in [4.78, 5) is 14.2. The predicted molar refractivity (Wildman–Crippen MR) is 72.0 cm³/mol. The third-order valence-electron chi connectivity index (χ3n) is 3.55. The van der Waals surface area contributed by atoms with E-state index in [1.54, 1.807) is 0 Å². The Morgan fingerprint density at radius 3 is 2.53 bits per heavy atom. The van der Waals surface area contributed by atoms with Gasteiger partial charge in [0.05, 0.1) is 0 Å². The fourth-order valence-corrected chi connectivity index (χ4v) is 2.63. The van der Waals surface area contributed by atoms with E-state index in [4.69, 9.17) is 0 Å². The van der Waals surface area contributed by atoms with Gasteiger partial charge < -0.3 is 10.2 Å². The average molecular weight is 240 g/mol. The van der Waals surface area contributed by atoms with Gasteiger partial charge in [0.1, 0.15) is 0 Å². The minimum atomic E-state index is 0.352. The van der Waals surface area contributed by atoms with Gasteiger partial charge in [-0.05, 0) is 32.7 Å². The van der Waals surface area contributed by atoms with Crippen LogP contribution in [0.3, 0.4) is 0 Å². The van der Waals surface area contributed by atoms with Crippen molar-refractivity contribution in [3.8, 4) is 0 Å². The van der Waals surface area contributed by atoms with Crippen LogP contribution in [0.25, 0.3) is 0 Å². The summed E-state index contributed by atoms with van der Waals surface area (Å²) in [6, 6.07) is 1.05. The van der Waals surface area contributed by atoms with Crippen molar-refractivity contribution < 1.29 is 4.79 Å². The van der Waals surface area contributed by atoms with Crippen LogP contribution in [0.5, 0.6) is 0 Å². The van der Waals surface area contributed by atoms with Crippen molar-refractivity contribution in [3.63, 3.8) is 0 Å². The monoisotopic (exact) mass is 240 g/mol. The van der Waals surface area contributed by atoms with Gasteiger partial charge in [-0.3, -0.25) is 4.79 Å². The van der Waals surface area contributed by atoms with Crippen molar-refractivity contribution >= 4 is 5.91 Å². The van der Waals surface area contributed by atoms with E-state index in [-0.39, 0.29) is 0 Å². The minimum Gasteiger partial charge on any atom is -0.340 e. The molecule has 100 valence electrons. The minimum absolute atomic E-state index is 0.352. The lowest BCUT2D eigenvalue weighted by Gasteiger charge is -2.27. The fraction of sp³-hybridized carbons (Fsp3) is 0.929. The topological polar surface area (TPSA) is 32.3 Å². The zero-order valence-corrected chi connectivity index (χ0v) is 11.7. The highest BCUT2D eigenvalue weighted by molar-refractivity contribution is 5.76. The van der Waals surface area contributed by atoms with E-state index in [2.05, 4.69) is 31.0 Å². The summed E-state index contributed by atoms with van der Waals surface area (Å²) < 4.78 is 0. The van der Waals surface area contributed by atoms with E-state index < -0.39 is 0 Å². The Morgan fingerprint density at radius 1 is 1.35 bits per heavy atom. The number of nitrogens with zero attached hydrogens (tertiary/aromatic N) is 1. The molecule has 1 aliphatic carbocycles. The molecule has 0 aromatic carbocycles. The zero-order valence-electron chi connectivity index (χ0n) is 11.7. The van der Waals surface area contributed by atoms with Gasteiger partial charge in [-0.2, -0.15) is 0 Å². The molecule has 0 spiro atoms. The highest BCUT2D eigenvalue weighted by Crippen LogP contribution is 2.23. The summed E-state index contributed by atoms with van der Waals surface area (Å²) in [5, 5.41) is 3.36. The summed E-state index contributed by atoms with van der Waals surface area (Å²) in [7, 11) is 0. The molecule has 1 rings (SSSR count). The molecule has 0 heterocycles. The molecule has 1 saturated carbocycles. The van der Waals surface area contributed by atoms with Crippen LogP contribution in [0.2, 0.25) is 0 Å². The average Bonchev–Trinajstić information content (AvgIpc) is 2.79. The van der Waals surface area contributed by atoms with Gasteiger partial charge in [-0.1, -0.05) is 26.7 Å². The molecule has 0 radical (unpaired) electrons. The maximum atomic E-state index is 12.1. The molecule has 0 atom stereocenters. The Hall–Kier alpha value is -0.570. The molecule has 0 bridgehead atoms. The number of nitrogens with one attached hydrogen (secondary N) is 1. The van der Waals surface area contributed by atoms with E-state index in [0.717, 1.165) is 19.5 Å². The third-order valence-corrected chi connectivity index (χ3v) is 3.55. The van der Waals surface area contributed by atoms with Crippen molar-refractivity contribution in [3.05, 3.63) is 0 Å². The number of hydrogen-bond acceptors (Lipinski definition) is 2. The molecular weight excluding hydrogens is 212 g/mol. The molecule has 3 heteroatoms. The predicted octanol–water partition coefficient (Wildman–Crippen LogP) is 2.56. The molecule has 3 nitrogen and oxygen atoms in total. The number of rotatable bonds is 7. The summed E-state index contributed by atoms with van der Waals surface area (Å²) >= 11 is 0. The molecule has 17 heavy (non-hydrogen) atoms. The lowest BCUT2D eigenvalue weighted by molar-refractivity contribution is -0.133. The Bertz CT molecular complexity index is 222. The van der Waals surface area contributed by atoms with Gasteiger partial charge >= 0.3 is 0 Å². The van der Waals surface area contributed by atoms with Gasteiger partial charge in [0, 0.05) is 25.0 Å². The second kappa shape index (κ2) is 7.70. The van der Waals surface area contributed by atoms with Crippen LogP contribution in [-0.4, -0.2) is 36.0 Å². The normalized spacial score (nSPS) is 16.7. The van der Waals surface area contributed by atoms with E-state index >= 15 is 0 Å². The first-order valence-corrected chi connectivity index (χ1v) is 7.18. The lowest BCUT2D eigenvalue weighted by atomic mass is 10.1. The van der Waals surface area contributed by atoms with Crippen LogP contribution in [-0.2, 0) is 4.79 Å². The molecule has 1 N–H and O–H groups in total. The third kappa shape index (κ3) is 5.07. The molecule has 0 saturated heterocycles. The number of amides is 1. The molecule has 0 aromatic heterocycles. The Balaban J connectivity index is 2.24. The quantitative estimate of drug-likeness (QED) is 0.694. The second-order valence-corrected chi connectivity index (χ2v) is 5.33. The van der Waals surface area contributed by atoms with E-state index in [0.29, 0.717) is 24.4 Å². The summed E-state index contributed by atoms with van der Waals surface area (Å²) in [5.41, 5.74) is 0. The van der Waals surface area contributed by atoms with Crippen LogP contribution in [0, 0.1) is 0 Å². The molecule has 0 unspecified atom stereocenters. The number of carbonyl (C=O) groups excluding carboxylic acids is 1. The maximum Gasteiger partial charge on any atom is 0.222 e. The van der Waals surface area contributed by atoms with Crippen LogP contribution in [0.1, 0.15) is 59.3 Å². The smallest absolute Gasteiger partial charge is 0.222 e. The summed E-state index contributed by atoms with van der Waals surface area (Å²) in [5.74, 6) is 0.352. The number of hydrogen-bond donors (Lipinski definition) is 1. The molecule has 0 aliphatic heterocycles. The Kier molecular flexibility index (Phi) is 6.56. The van der Waals surface area contributed by atoms with E-state index in [1.807, 2.05) is 0 Å². The van der Waals surface area contributed by atoms with Crippen LogP contribution < -0.4 is 5.32 Å². The first-order chi connectivity index (χ1) is 8.15. The molecule has 0 aromatic rings. The van der Waals surface area contributed by atoms with Crippen LogP contribution in [0.15, 0.2) is 0 Å². The second-order valence-electron chi connectivity index (χ2n) is 5.33. The highest BCUT2D eigenvalue weighted by atomic mass is 16.2. The molecule has 1 fully saturated rings.